The number of halogens is 1. The van der Waals surface area contributed by atoms with Crippen molar-refractivity contribution in [3.8, 4) is 0 Å². The van der Waals surface area contributed by atoms with E-state index < -0.39 is 16.2 Å². The molecule has 0 rings (SSSR count). The van der Waals surface area contributed by atoms with Gasteiger partial charge in [0, 0.05) is 11.1 Å². The van der Waals surface area contributed by atoms with Gasteiger partial charge in [0.2, 0.25) is 0 Å². The molecule has 0 spiro atoms. The number of hydrogen-bond acceptors (Lipinski definition) is 2. The van der Waals surface area contributed by atoms with Gasteiger partial charge >= 0.3 is 0 Å². The van der Waals surface area contributed by atoms with E-state index in [1.54, 1.807) is 0 Å². The lowest BCUT2D eigenvalue weighted by molar-refractivity contribution is 0.525. The van der Waals surface area contributed by atoms with Crippen molar-refractivity contribution in [2.75, 3.05) is 0 Å². The van der Waals surface area contributed by atoms with Crippen molar-refractivity contribution in [3.05, 3.63) is 11.7 Å². The van der Waals surface area contributed by atoms with Gasteiger partial charge in [-0.25, -0.2) is 0 Å². The van der Waals surface area contributed by atoms with Gasteiger partial charge in [-0.1, -0.05) is 6.58 Å². The Morgan fingerprint density at radius 3 is 2.17 bits per heavy atom. The smallest absolute Gasteiger partial charge is 0.166 e. The fourth-order valence-electron chi connectivity index (χ4n) is 0. The summed E-state index contributed by atoms with van der Waals surface area (Å²) in [6.07, 6.45) is 0. The highest BCUT2D eigenvalue weighted by atomic mass is 32.2. The second-order valence-corrected chi connectivity index (χ2v) is 1.50. The zero-order valence-corrected chi connectivity index (χ0v) is 3.63. The molecule has 0 aliphatic carbocycles. The monoisotopic (exact) mass is 109 g/mol. The van der Waals surface area contributed by atoms with Crippen LogP contribution in [-0.2, 0) is 11.1 Å². The van der Waals surface area contributed by atoms with Gasteiger partial charge in [-0.15, -0.1) is 0 Å². The molecule has 0 aliphatic heterocycles. The average Bonchev–Trinajstić information content (AvgIpc) is 1.36. The molecular formula is C2H2FO2S-. The van der Waals surface area contributed by atoms with Crippen molar-refractivity contribution < 1.29 is 13.2 Å². The Hall–Kier alpha value is -0.220. The van der Waals surface area contributed by atoms with Crippen LogP contribution >= 0.6 is 0 Å². The molecule has 0 aromatic rings. The fourth-order valence-corrected chi connectivity index (χ4v) is 0. The third-order valence-corrected chi connectivity index (χ3v) is 0.543. The van der Waals surface area contributed by atoms with Crippen LogP contribution in [0.5, 0.6) is 0 Å². The highest BCUT2D eigenvalue weighted by molar-refractivity contribution is 7.83. The van der Waals surface area contributed by atoms with Crippen molar-refractivity contribution in [2.45, 2.75) is 0 Å². The first-order valence-electron chi connectivity index (χ1n) is 1.08. The van der Waals surface area contributed by atoms with E-state index in [0.717, 1.165) is 0 Å². The fraction of sp³-hybridized carbons (Fsp3) is 0. The Bertz CT molecular complexity index is 77.5. The Balaban J connectivity index is 3.57. The van der Waals surface area contributed by atoms with Crippen LogP contribution < -0.4 is 0 Å². The minimum Gasteiger partial charge on any atom is -0.767 e. The molecule has 4 heteroatoms. The van der Waals surface area contributed by atoms with Gasteiger partial charge in [0.05, 0.1) is 0 Å². The van der Waals surface area contributed by atoms with E-state index in [9.17, 15) is 13.2 Å². The lowest BCUT2D eigenvalue weighted by Gasteiger charge is -1.94. The number of rotatable bonds is 1. The van der Waals surface area contributed by atoms with Crippen LogP contribution in [0.3, 0.4) is 0 Å². The van der Waals surface area contributed by atoms with Crippen LogP contribution in [0.25, 0.3) is 0 Å². The average molecular weight is 109 g/mol. The first-order chi connectivity index (χ1) is 2.64. The maximum atomic E-state index is 11.0. The Morgan fingerprint density at radius 1 is 2.00 bits per heavy atom. The second-order valence-electron chi connectivity index (χ2n) is 0.590. The molecule has 0 N–H and O–H groups in total. The summed E-state index contributed by atoms with van der Waals surface area (Å²) in [5.74, 6) is 0. The maximum Gasteiger partial charge on any atom is 0.166 e. The van der Waals surface area contributed by atoms with Gasteiger partial charge in [0.1, 0.15) is 0 Å². The summed E-state index contributed by atoms with van der Waals surface area (Å²) < 4.78 is 29.5. The summed E-state index contributed by atoms with van der Waals surface area (Å²) >= 11 is -2.73. The molecule has 0 heterocycles. The molecule has 0 amide bonds. The summed E-state index contributed by atoms with van der Waals surface area (Å²) in [5, 5.41) is -1.32. The van der Waals surface area contributed by atoms with Crippen molar-refractivity contribution >= 4 is 11.1 Å². The van der Waals surface area contributed by atoms with Gasteiger partial charge in [0.15, 0.2) is 5.16 Å². The third-order valence-electron chi connectivity index (χ3n) is 0.181. The molecule has 6 heavy (non-hydrogen) atoms. The van der Waals surface area contributed by atoms with Gasteiger partial charge < -0.3 is 4.55 Å². The lowest BCUT2D eigenvalue weighted by atomic mass is 11.2. The normalized spacial score (nSPS) is 13.7. The molecule has 0 saturated carbocycles. The van der Waals surface area contributed by atoms with Crippen LogP contribution in [0.1, 0.15) is 0 Å². The molecule has 0 aliphatic rings. The minimum absolute atomic E-state index is 1.32. The molecule has 0 fully saturated rings. The standard InChI is InChI=1S/C2H3FO2S/c1-2(3)6(4)5/h1H2,(H,4,5)/p-1. The topological polar surface area (TPSA) is 40.1 Å². The summed E-state index contributed by atoms with van der Waals surface area (Å²) in [5.41, 5.74) is 0. The van der Waals surface area contributed by atoms with Gasteiger partial charge in [-0.2, -0.15) is 4.39 Å². The van der Waals surface area contributed by atoms with Crippen LogP contribution in [0.4, 0.5) is 4.39 Å². The maximum absolute atomic E-state index is 11.0. The molecule has 0 saturated heterocycles. The second kappa shape index (κ2) is 2.04. The summed E-state index contributed by atoms with van der Waals surface area (Å²) in [4.78, 5) is 0. The largest absolute Gasteiger partial charge is 0.767 e. The van der Waals surface area contributed by atoms with E-state index >= 15 is 0 Å². The van der Waals surface area contributed by atoms with Crippen molar-refractivity contribution in [3.63, 3.8) is 0 Å². The van der Waals surface area contributed by atoms with Crippen LogP contribution in [0, 0.1) is 0 Å². The minimum atomic E-state index is -2.73. The Morgan fingerprint density at radius 2 is 2.17 bits per heavy atom. The molecule has 1 atom stereocenters. The van der Waals surface area contributed by atoms with E-state index in [4.69, 9.17) is 0 Å². The first kappa shape index (κ1) is 5.78. The van der Waals surface area contributed by atoms with Crippen LogP contribution in [0.15, 0.2) is 11.7 Å². The molecule has 1 unspecified atom stereocenters. The third kappa shape index (κ3) is 2.04. The van der Waals surface area contributed by atoms with Crippen molar-refractivity contribution in [1.82, 2.24) is 0 Å². The molecule has 36 valence electrons. The quantitative estimate of drug-likeness (QED) is 0.454. The molecule has 2 nitrogen and oxygen atoms in total. The SMILES string of the molecule is C=C(F)S(=O)[O-]. The van der Waals surface area contributed by atoms with E-state index in [-0.39, 0.29) is 0 Å². The molecular weight excluding hydrogens is 107 g/mol. The van der Waals surface area contributed by atoms with E-state index in [2.05, 4.69) is 6.58 Å². The summed E-state index contributed by atoms with van der Waals surface area (Å²) in [6, 6.07) is 0. The van der Waals surface area contributed by atoms with E-state index in [1.807, 2.05) is 0 Å². The zero-order chi connectivity index (χ0) is 5.15. The summed E-state index contributed by atoms with van der Waals surface area (Å²) in [6.45, 7) is 2.48. The molecule has 0 aromatic heterocycles. The lowest BCUT2D eigenvalue weighted by Crippen LogP contribution is -1.81. The van der Waals surface area contributed by atoms with Gasteiger partial charge in [-0.05, 0) is 0 Å². The number of hydrogen-bond donors (Lipinski definition) is 0. The predicted molar refractivity (Wildman–Crippen MR) is 19.2 cm³/mol. The molecule has 0 aromatic carbocycles. The molecule has 0 radical (unpaired) electrons. The van der Waals surface area contributed by atoms with E-state index in [0.29, 0.717) is 0 Å². The van der Waals surface area contributed by atoms with Gasteiger partial charge in [-0.3, -0.25) is 4.21 Å². The van der Waals surface area contributed by atoms with E-state index in [1.165, 1.54) is 0 Å². The Labute approximate surface area is 37.0 Å². The summed E-state index contributed by atoms with van der Waals surface area (Å²) in [7, 11) is 0. The zero-order valence-electron chi connectivity index (χ0n) is 2.81. The Kier molecular flexibility index (Phi) is 1.97. The highest BCUT2D eigenvalue weighted by Crippen LogP contribution is 1.91. The highest BCUT2D eigenvalue weighted by Gasteiger charge is 1.80. The van der Waals surface area contributed by atoms with Crippen molar-refractivity contribution in [2.24, 2.45) is 0 Å². The first-order valence-corrected chi connectivity index (χ1v) is 2.15. The van der Waals surface area contributed by atoms with Crippen molar-refractivity contribution in [1.29, 1.82) is 0 Å². The van der Waals surface area contributed by atoms with Gasteiger partial charge in [0.25, 0.3) is 0 Å². The molecule has 0 bridgehead atoms. The predicted octanol–water partition coefficient (Wildman–Crippen LogP) is 0.306. The van der Waals surface area contributed by atoms with Crippen LogP contribution in [0.2, 0.25) is 0 Å². The van der Waals surface area contributed by atoms with Crippen LogP contribution in [-0.4, -0.2) is 8.76 Å².